The Labute approximate surface area is 92.6 Å². The molecule has 0 atom stereocenters. The Balaban J connectivity index is 1.93. The van der Waals surface area contributed by atoms with Crippen LogP contribution in [-0.2, 0) is 9.53 Å². The van der Waals surface area contributed by atoms with E-state index in [1.54, 1.807) is 0 Å². The summed E-state index contributed by atoms with van der Waals surface area (Å²) in [7, 11) is 0. The average molecular weight is 213 g/mol. The van der Waals surface area contributed by atoms with Crippen LogP contribution in [0.3, 0.4) is 0 Å². The second-order valence-electron chi connectivity index (χ2n) is 5.51. The quantitative estimate of drug-likeness (QED) is 0.687. The molecule has 0 spiro atoms. The van der Waals surface area contributed by atoms with Gasteiger partial charge in [-0.3, -0.25) is 4.79 Å². The summed E-state index contributed by atoms with van der Waals surface area (Å²) in [5.74, 6) is -0.0765. The van der Waals surface area contributed by atoms with Crippen molar-refractivity contribution in [3.63, 3.8) is 0 Å². The van der Waals surface area contributed by atoms with Crippen molar-refractivity contribution in [2.45, 2.75) is 52.5 Å². The van der Waals surface area contributed by atoms with E-state index in [0.29, 0.717) is 19.1 Å². The molecule has 0 amide bonds. The van der Waals surface area contributed by atoms with Crippen LogP contribution in [0.2, 0.25) is 0 Å². The SMILES string of the molecule is CC(C)(C)CCOC(=O)CCNC1CC1. The van der Waals surface area contributed by atoms with Gasteiger partial charge in [-0.05, 0) is 24.7 Å². The Hall–Kier alpha value is -0.570. The molecule has 0 aliphatic heterocycles. The van der Waals surface area contributed by atoms with E-state index in [2.05, 4.69) is 26.1 Å². The lowest BCUT2D eigenvalue weighted by atomic mass is 9.93. The van der Waals surface area contributed by atoms with Gasteiger partial charge in [0.15, 0.2) is 0 Å². The standard InChI is InChI=1S/C12H23NO2/c1-12(2,3)7-9-15-11(14)6-8-13-10-4-5-10/h10,13H,4-9H2,1-3H3. The molecule has 1 saturated carbocycles. The first-order valence-corrected chi connectivity index (χ1v) is 5.86. The molecular weight excluding hydrogens is 190 g/mol. The zero-order chi connectivity index (χ0) is 11.3. The molecule has 0 aromatic carbocycles. The van der Waals surface area contributed by atoms with E-state index >= 15 is 0 Å². The summed E-state index contributed by atoms with van der Waals surface area (Å²) in [5.41, 5.74) is 0.243. The van der Waals surface area contributed by atoms with Crippen molar-refractivity contribution in [1.29, 1.82) is 0 Å². The molecule has 15 heavy (non-hydrogen) atoms. The number of carbonyl (C=O) groups is 1. The summed E-state index contributed by atoms with van der Waals surface area (Å²) in [5, 5.41) is 3.29. The van der Waals surface area contributed by atoms with Crippen molar-refractivity contribution in [3.05, 3.63) is 0 Å². The Bertz CT molecular complexity index is 204. The maximum Gasteiger partial charge on any atom is 0.307 e. The van der Waals surface area contributed by atoms with Crippen molar-refractivity contribution in [2.24, 2.45) is 5.41 Å². The van der Waals surface area contributed by atoms with Gasteiger partial charge in [0.25, 0.3) is 0 Å². The van der Waals surface area contributed by atoms with Gasteiger partial charge in [0.2, 0.25) is 0 Å². The molecule has 1 aliphatic rings. The van der Waals surface area contributed by atoms with Gasteiger partial charge in [0.1, 0.15) is 0 Å². The van der Waals surface area contributed by atoms with Crippen molar-refractivity contribution in [1.82, 2.24) is 5.32 Å². The number of nitrogens with one attached hydrogen (secondary N) is 1. The van der Waals surface area contributed by atoms with Crippen LogP contribution in [-0.4, -0.2) is 25.2 Å². The molecular formula is C12H23NO2. The van der Waals surface area contributed by atoms with Gasteiger partial charge in [0, 0.05) is 12.6 Å². The zero-order valence-corrected chi connectivity index (χ0v) is 10.1. The minimum Gasteiger partial charge on any atom is -0.466 e. The molecule has 0 aromatic heterocycles. The predicted molar refractivity (Wildman–Crippen MR) is 60.7 cm³/mol. The van der Waals surface area contributed by atoms with E-state index in [-0.39, 0.29) is 11.4 Å². The van der Waals surface area contributed by atoms with E-state index in [1.807, 2.05) is 0 Å². The Morgan fingerprint density at radius 1 is 1.40 bits per heavy atom. The molecule has 1 rings (SSSR count). The molecule has 3 nitrogen and oxygen atoms in total. The molecule has 0 saturated heterocycles. The Morgan fingerprint density at radius 2 is 2.07 bits per heavy atom. The number of hydrogen-bond donors (Lipinski definition) is 1. The maximum atomic E-state index is 11.3. The van der Waals surface area contributed by atoms with Crippen molar-refractivity contribution in [3.8, 4) is 0 Å². The fraction of sp³-hybridized carbons (Fsp3) is 0.917. The fourth-order valence-corrected chi connectivity index (χ4v) is 1.21. The van der Waals surface area contributed by atoms with Crippen LogP contribution in [0.1, 0.15) is 46.5 Å². The number of carbonyl (C=O) groups excluding carboxylic acids is 1. The number of hydrogen-bond acceptors (Lipinski definition) is 3. The highest BCUT2D eigenvalue weighted by atomic mass is 16.5. The van der Waals surface area contributed by atoms with Gasteiger partial charge in [-0.2, -0.15) is 0 Å². The summed E-state index contributed by atoms with van der Waals surface area (Å²) in [6.07, 6.45) is 3.95. The van der Waals surface area contributed by atoms with E-state index in [0.717, 1.165) is 13.0 Å². The van der Waals surface area contributed by atoms with E-state index in [9.17, 15) is 4.79 Å². The van der Waals surface area contributed by atoms with Crippen molar-refractivity contribution < 1.29 is 9.53 Å². The molecule has 0 bridgehead atoms. The minimum absolute atomic E-state index is 0.0765. The van der Waals surface area contributed by atoms with Gasteiger partial charge < -0.3 is 10.1 Å². The third kappa shape index (κ3) is 7.37. The molecule has 0 radical (unpaired) electrons. The predicted octanol–water partition coefficient (Wildman–Crippen LogP) is 2.11. The smallest absolute Gasteiger partial charge is 0.307 e. The largest absolute Gasteiger partial charge is 0.466 e. The average Bonchev–Trinajstić information content (AvgIpc) is 2.85. The first kappa shape index (κ1) is 12.5. The van der Waals surface area contributed by atoms with Crippen molar-refractivity contribution >= 4 is 5.97 Å². The highest BCUT2D eigenvalue weighted by Crippen LogP contribution is 2.19. The van der Waals surface area contributed by atoms with Gasteiger partial charge in [-0.15, -0.1) is 0 Å². The molecule has 1 fully saturated rings. The Kier molecular flexibility index (Phi) is 4.58. The number of esters is 1. The third-order valence-electron chi connectivity index (χ3n) is 2.45. The van der Waals surface area contributed by atoms with Crippen LogP contribution in [0.15, 0.2) is 0 Å². The molecule has 0 unspecified atom stereocenters. The molecule has 1 N–H and O–H groups in total. The van der Waals surface area contributed by atoms with Crippen LogP contribution >= 0.6 is 0 Å². The van der Waals surface area contributed by atoms with Crippen molar-refractivity contribution in [2.75, 3.05) is 13.2 Å². The molecule has 0 heterocycles. The zero-order valence-electron chi connectivity index (χ0n) is 10.1. The number of rotatable bonds is 6. The lowest BCUT2D eigenvalue weighted by Crippen LogP contribution is -2.22. The van der Waals surface area contributed by atoms with Crippen LogP contribution < -0.4 is 5.32 Å². The van der Waals surface area contributed by atoms with Gasteiger partial charge in [-0.25, -0.2) is 0 Å². The fourth-order valence-electron chi connectivity index (χ4n) is 1.21. The molecule has 1 aliphatic carbocycles. The van der Waals surface area contributed by atoms with Gasteiger partial charge >= 0.3 is 5.97 Å². The lowest BCUT2D eigenvalue weighted by molar-refractivity contribution is -0.144. The summed E-state index contributed by atoms with van der Waals surface area (Å²) in [6, 6.07) is 0.673. The summed E-state index contributed by atoms with van der Waals surface area (Å²) in [4.78, 5) is 11.3. The highest BCUT2D eigenvalue weighted by Gasteiger charge is 2.20. The Morgan fingerprint density at radius 3 is 2.60 bits per heavy atom. The van der Waals surface area contributed by atoms with Crippen LogP contribution in [0, 0.1) is 5.41 Å². The van der Waals surface area contributed by atoms with Crippen LogP contribution in [0.5, 0.6) is 0 Å². The van der Waals surface area contributed by atoms with E-state index < -0.39 is 0 Å². The molecule has 88 valence electrons. The lowest BCUT2D eigenvalue weighted by Gasteiger charge is -2.17. The monoisotopic (exact) mass is 213 g/mol. The normalized spacial score (nSPS) is 16.5. The van der Waals surface area contributed by atoms with Crippen LogP contribution in [0.25, 0.3) is 0 Å². The topological polar surface area (TPSA) is 38.3 Å². The summed E-state index contributed by atoms with van der Waals surface area (Å²) in [6.45, 7) is 7.76. The summed E-state index contributed by atoms with van der Waals surface area (Å²) >= 11 is 0. The third-order valence-corrected chi connectivity index (χ3v) is 2.45. The van der Waals surface area contributed by atoms with Crippen LogP contribution in [0.4, 0.5) is 0 Å². The maximum absolute atomic E-state index is 11.3. The first-order valence-electron chi connectivity index (χ1n) is 5.86. The first-order chi connectivity index (χ1) is 6.97. The van der Waals surface area contributed by atoms with Gasteiger partial charge in [-0.1, -0.05) is 20.8 Å². The minimum atomic E-state index is -0.0765. The second kappa shape index (κ2) is 5.50. The van der Waals surface area contributed by atoms with Gasteiger partial charge in [0.05, 0.1) is 13.0 Å². The molecule has 3 heteroatoms. The second-order valence-corrected chi connectivity index (χ2v) is 5.51. The number of ether oxygens (including phenoxy) is 1. The highest BCUT2D eigenvalue weighted by molar-refractivity contribution is 5.69. The van der Waals surface area contributed by atoms with E-state index in [1.165, 1.54) is 12.8 Å². The molecule has 0 aromatic rings. The van der Waals surface area contributed by atoms with E-state index in [4.69, 9.17) is 4.74 Å². The summed E-state index contributed by atoms with van der Waals surface area (Å²) < 4.78 is 5.14.